The third kappa shape index (κ3) is 4.99. The van der Waals surface area contributed by atoms with Crippen LogP contribution in [0.4, 0.5) is 5.69 Å². The second kappa shape index (κ2) is 9.57. The molecule has 0 spiro atoms. The highest BCUT2D eigenvalue weighted by Gasteiger charge is 2.11. The molecule has 1 N–H and O–H groups in total. The summed E-state index contributed by atoms with van der Waals surface area (Å²) in [4.78, 5) is 12.6. The van der Waals surface area contributed by atoms with E-state index in [1.54, 1.807) is 16.8 Å². The van der Waals surface area contributed by atoms with Crippen LogP contribution < -0.4 is 5.32 Å². The number of halogens is 1. The largest absolute Gasteiger partial charge is 0.325 e. The van der Waals surface area contributed by atoms with Crippen molar-refractivity contribution >= 4 is 58.5 Å². The Kier molecular flexibility index (Phi) is 6.64. The molecule has 8 heteroatoms. The van der Waals surface area contributed by atoms with Crippen LogP contribution in [0.25, 0.3) is 16.8 Å². The Morgan fingerprint density at radius 2 is 1.73 bits per heavy atom. The standard InChI is InChI=1S/C22H16ClN3OS3/c23-16-10-12-17(13-11-16)26-22(28)30-21(25-26)29-14-20(27)24-19-9-5-4-8-18(19)15-6-2-1-3-7-15/h1-13H,14H2,(H,24,27). The molecular formula is C22H16ClN3OS3. The van der Waals surface area contributed by atoms with Gasteiger partial charge < -0.3 is 5.32 Å². The molecule has 0 saturated heterocycles. The van der Waals surface area contributed by atoms with Crippen LogP contribution in [0.15, 0.2) is 83.2 Å². The fourth-order valence-corrected chi connectivity index (χ4v) is 5.13. The maximum atomic E-state index is 12.6. The summed E-state index contributed by atoms with van der Waals surface area (Å²) in [6, 6.07) is 25.1. The van der Waals surface area contributed by atoms with Crippen molar-refractivity contribution in [2.75, 3.05) is 11.1 Å². The molecule has 4 aromatic rings. The van der Waals surface area contributed by atoms with Gasteiger partial charge in [-0.3, -0.25) is 4.79 Å². The van der Waals surface area contributed by atoms with Gasteiger partial charge >= 0.3 is 0 Å². The Morgan fingerprint density at radius 3 is 2.50 bits per heavy atom. The Hall–Kier alpha value is -2.45. The number of carbonyl (C=O) groups excluding carboxylic acids is 1. The van der Waals surface area contributed by atoms with Gasteiger partial charge in [0, 0.05) is 16.3 Å². The van der Waals surface area contributed by atoms with Crippen molar-refractivity contribution in [2.24, 2.45) is 0 Å². The first-order chi connectivity index (χ1) is 14.6. The van der Waals surface area contributed by atoms with E-state index in [1.807, 2.05) is 66.7 Å². The molecule has 150 valence electrons. The molecule has 3 aromatic carbocycles. The summed E-state index contributed by atoms with van der Waals surface area (Å²) in [5.41, 5.74) is 3.67. The fourth-order valence-electron chi connectivity index (χ4n) is 2.84. The molecule has 1 amide bonds. The van der Waals surface area contributed by atoms with Gasteiger partial charge in [-0.15, -0.1) is 5.10 Å². The average molecular weight is 470 g/mol. The van der Waals surface area contributed by atoms with E-state index in [0.29, 0.717) is 8.98 Å². The van der Waals surface area contributed by atoms with E-state index in [-0.39, 0.29) is 11.7 Å². The monoisotopic (exact) mass is 469 g/mol. The molecule has 1 aromatic heterocycles. The number of benzene rings is 3. The Morgan fingerprint density at radius 1 is 1.03 bits per heavy atom. The van der Waals surface area contributed by atoms with Crippen LogP contribution in [0, 0.1) is 3.95 Å². The highest BCUT2D eigenvalue weighted by Crippen LogP contribution is 2.29. The maximum Gasteiger partial charge on any atom is 0.234 e. The van der Waals surface area contributed by atoms with Crippen molar-refractivity contribution < 1.29 is 4.79 Å². The van der Waals surface area contributed by atoms with E-state index in [2.05, 4.69) is 10.4 Å². The molecule has 1 heterocycles. The molecule has 0 radical (unpaired) electrons. The van der Waals surface area contributed by atoms with Gasteiger partial charge in [0.15, 0.2) is 8.29 Å². The van der Waals surface area contributed by atoms with Crippen LogP contribution in [0.1, 0.15) is 0 Å². The number of nitrogens with one attached hydrogen (secondary N) is 1. The average Bonchev–Trinajstić information content (AvgIpc) is 3.14. The van der Waals surface area contributed by atoms with Crippen molar-refractivity contribution in [2.45, 2.75) is 4.34 Å². The Balaban J connectivity index is 1.44. The van der Waals surface area contributed by atoms with Gasteiger partial charge in [0.05, 0.1) is 11.4 Å². The molecule has 0 unspecified atom stereocenters. The predicted molar refractivity (Wildman–Crippen MR) is 129 cm³/mol. The minimum atomic E-state index is -0.0949. The summed E-state index contributed by atoms with van der Waals surface area (Å²) in [5.74, 6) is 0.147. The summed E-state index contributed by atoms with van der Waals surface area (Å²) in [7, 11) is 0. The van der Waals surface area contributed by atoms with E-state index in [9.17, 15) is 4.79 Å². The van der Waals surface area contributed by atoms with Gasteiger partial charge in [0.1, 0.15) is 0 Å². The highest BCUT2D eigenvalue weighted by atomic mass is 35.5. The molecule has 30 heavy (non-hydrogen) atoms. The number of rotatable bonds is 6. The fraction of sp³-hybridized carbons (Fsp3) is 0.0455. The Bertz CT molecular complexity index is 1220. The molecule has 0 aliphatic heterocycles. The van der Waals surface area contributed by atoms with Crippen molar-refractivity contribution in [3.05, 3.63) is 87.8 Å². The SMILES string of the molecule is O=C(CSc1nn(-c2ccc(Cl)cc2)c(=S)s1)Nc1ccccc1-c1ccccc1. The van der Waals surface area contributed by atoms with Gasteiger partial charge in [-0.25, -0.2) is 4.68 Å². The molecule has 4 rings (SSSR count). The summed E-state index contributed by atoms with van der Waals surface area (Å²) in [5, 5.41) is 8.19. The molecule has 4 nitrogen and oxygen atoms in total. The zero-order valence-corrected chi connectivity index (χ0v) is 18.8. The molecule has 0 atom stereocenters. The van der Waals surface area contributed by atoms with Gasteiger partial charge in [0.2, 0.25) is 5.91 Å². The van der Waals surface area contributed by atoms with E-state index in [4.69, 9.17) is 23.8 Å². The van der Waals surface area contributed by atoms with E-state index in [0.717, 1.165) is 26.8 Å². The van der Waals surface area contributed by atoms with Gasteiger partial charge in [0.25, 0.3) is 0 Å². The zero-order valence-electron chi connectivity index (χ0n) is 15.6. The van der Waals surface area contributed by atoms with Gasteiger partial charge in [-0.05, 0) is 48.1 Å². The van der Waals surface area contributed by atoms with E-state index in [1.165, 1.54) is 23.1 Å². The van der Waals surface area contributed by atoms with Crippen molar-refractivity contribution in [1.29, 1.82) is 0 Å². The first-order valence-electron chi connectivity index (χ1n) is 9.03. The molecule has 0 aliphatic rings. The summed E-state index contributed by atoms with van der Waals surface area (Å²) < 4.78 is 3.04. The highest BCUT2D eigenvalue weighted by molar-refractivity contribution is 8.01. The second-order valence-electron chi connectivity index (χ2n) is 6.27. The molecule has 0 saturated carbocycles. The maximum absolute atomic E-state index is 12.6. The predicted octanol–water partition coefficient (Wildman–Crippen LogP) is 6.71. The molecule has 0 fully saturated rings. The van der Waals surface area contributed by atoms with Crippen LogP contribution in [-0.2, 0) is 4.79 Å². The number of carbonyl (C=O) groups is 1. The first-order valence-corrected chi connectivity index (χ1v) is 11.6. The molecule has 0 bridgehead atoms. The summed E-state index contributed by atoms with van der Waals surface area (Å²) >= 11 is 14.1. The summed E-state index contributed by atoms with van der Waals surface area (Å²) in [6.45, 7) is 0. The lowest BCUT2D eigenvalue weighted by Gasteiger charge is -2.11. The lowest BCUT2D eigenvalue weighted by molar-refractivity contribution is -0.113. The van der Waals surface area contributed by atoms with Crippen LogP contribution in [0.3, 0.4) is 0 Å². The topological polar surface area (TPSA) is 46.9 Å². The normalized spacial score (nSPS) is 10.7. The number of thioether (sulfide) groups is 1. The number of aromatic nitrogens is 2. The van der Waals surface area contributed by atoms with E-state index >= 15 is 0 Å². The lowest BCUT2D eigenvalue weighted by atomic mass is 10.0. The number of para-hydroxylation sites is 1. The lowest BCUT2D eigenvalue weighted by Crippen LogP contribution is -2.14. The second-order valence-corrected chi connectivity index (χ2v) is 9.55. The van der Waals surface area contributed by atoms with Crippen LogP contribution in [0.2, 0.25) is 5.02 Å². The smallest absolute Gasteiger partial charge is 0.234 e. The van der Waals surface area contributed by atoms with Gasteiger partial charge in [-0.2, -0.15) is 0 Å². The molecule has 0 aliphatic carbocycles. The number of amides is 1. The van der Waals surface area contributed by atoms with Crippen molar-refractivity contribution in [3.8, 4) is 16.8 Å². The number of anilines is 1. The van der Waals surface area contributed by atoms with Crippen LogP contribution >= 0.6 is 46.9 Å². The van der Waals surface area contributed by atoms with Crippen LogP contribution in [-0.4, -0.2) is 21.4 Å². The summed E-state index contributed by atoms with van der Waals surface area (Å²) in [6.07, 6.45) is 0. The van der Waals surface area contributed by atoms with Crippen LogP contribution in [0.5, 0.6) is 0 Å². The third-order valence-electron chi connectivity index (χ3n) is 4.21. The number of nitrogens with zero attached hydrogens (tertiary/aromatic N) is 2. The third-order valence-corrected chi connectivity index (χ3v) is 6.83. The first kappa shape index (κ1) is 20.8. The van der Waals surface area contributed by atoms with Gasteiger partial charge in [-0.1, -0.05) is 83.2 Å². The van der Waals surface area contributed by atoms with Crippen molar-refractivity contribution in [3.63, 3.8) is 0 Å². The Labute approximate surface area is 192 Å². The molecular weight excluding hydrogens is 454 g/mol. The minimum absolute atomic E-state index is 0.0949. The van der Waals surface area contributed by atoms with Crippen molar-refractivity contribution in [1.82, 2.24) is 9.78 Å². The zero-order chi connectivity index (χ0) is 20.9. The van der Waals surface area contributed by atoms with E-state index < -0.39 is 0 Å². The minimum Gasteiger partial charge on any atom is -0.325 e. The number of hydrogen-bond acceptors (Lipinski definition) is 5. The number of hydrogen-bond donors (Lipinski definition) is 1. The quantitative estimate of drug-likeness (QED) is 0.251.